The van der Waals surface area contributed by atoms with Gasteiger partial charge in [-0.15, -0.1) is 0 Å². The van der Waals surface area contributed by atoms with E-state index in [1.54, 1.807) is 13.0 Å². The molecule has 122 valence electrons. The summed E-state index contributed by atoms with van der Waals surface area (Å²) in [6, 6.07) is 4.06. The lowest BCUT2D eigenvalue weighted by Crippen LogP contribution is -2.34. The first-order valence-corrected chi connectivity index (χ1v) is 8.14. The average molecular weight is 333 g/mol. The summed E-state index contributed by atoms with van der Waals surface area (Å²) in [5.74, 6) is -1.04. The molecule has 1 aromatic carbocycles. The third-order valence-electron chi connectivity index (χ3n) is 3.48. The molecule has 1 heterocycles. The largest absolute Gasteiger partial charge is 0.465 e. The van der Waals surface area contributed by atoms with E-state index < -0.39 is 17.1 Å². The van der Waals surface area contributed by atoms with Crippen molar-refractivity contribution in [3.05, 3.63) is 39.3 Å². The van der Waals surface area contributed by atoms with E-state index in [0.29, 0.717) is 4.91 Å². The molecule has 1 fully saturated rings. The van der Waals surface area contributed by atoms with Crippen molar-refractivity contribution < 1.29 is 19.1 Å². The van der Waals surface area contributed by atoms with Crippen LogP contribution in [-0.2, 0) is 14.3 Å². The smallest absolute Gasteiger partial charge is 0.326 e. The summed E-state index contributed by atoms with van der Waals surface area (Å²) >= 11 is 0.849. The van der Waals surface area contributed by atoms with Crippen LogP contribution in [0.1, 0.15) is 29.2 Å². The molecule has 1 aromatic rings. The number of nitrogens with zero attached hydrogens (tertiary/aromatic N) is 1. The Labute approximate surface area is 139 Å². The summed E-state index contributed by atoms with van der Waals surface area (Å²) in [5, 5.41) is -0.447. The number of carbonyl (C=O) groups excluding carboxylic acids is 3. The van der Waals surface area contributed by atoms with Gasteiger partial charge in [0.25, 0.3) is 11.1 Å². The van der Waals surface area contributed by atoms with Gasteiger partial charge in [-0.1, -0.05) is 17.7 Å². The zero-order valence-electron chi connectivity index (χ0n) is 13.6. The lowest BCUT2D eigenvalue weighted by atomic mass is 9.99. The van der Waals surface area contributed by atoms with E-state index in [1.165, 1.54) is 0 Å². The maximum atomic E-state index is 12.4. The number of amides is 2. The number of aryl methyl sites for hydroxylation is 3. The molecule has 0 bridgehead atoms. The van der Waals surface area contributed by atoms with Crippen LogP contribution < -0.4 is 0 Å². The van der Waals surface area contributed by atoms with Crippen LogP contribution in [0.4, 0.5) is 4.79 Å². The molecule has 1 aliphatic rings. The molecule has 1 aliphatic heterocycles. The summed E-state index contributed by atoms with van der Waals surface area (Å²) in [6.07, 6.45) is 1.72. The van der Waals surface area contributed by atoms with Crippen LogP contribution in [0.5, 0.6) is 0 Å². The molecule has 0 saturated carbocycles. The van der Waals surface area contributed by atoms with Crippen molar-refractivity contribution in [2.75, 3.05) is 13.2 Å². The van der Waals surface area contributed by atoms with Crippen molar-refractivity contribution in [1.29, 1.82) is 0 Å². The van der Waals surface area contributed by atoms with Gasteiger partial charge in [-0.2, -0.15) is 0 Å². The monoisotopic (exact) mass is 333 g/mol. The molecule has 23 heavy (non-hydrogen) atoms. The zero-order valence-corrected chi connectivity index (χ0v) is 14.5. The van der Waals surface area contributed by atoms with Gasteiger partial charge in [0.05, 0.1) is 11.5 Å². The predicted molar refractivity (Wildman–Crippen MR) is 90.0 cm³/mol. The Morgan fingerprint density at radius 3 is 2.39 bits per heavy atom. The molecule has 1 saturated heterocycles. The molecule has 6 heteroatoms. The predicted octanol–water partition coefficient (Wildman–Crippen LogP) is 3.21. The molecule has 0 atom stereocenters. The first kappa shape index (κ1) is 17.3. The van der Waals surface area contributed by atoms with Crippen LogP contribution in [0, 0.1) is 20.8 Å². The Morgan fingerprint density at radius 1 is 1.22 bits per heavy atom. The number of imide groups is 1. The quantitative estimate of drug-likeness (QED) is 0.625. The highest BCUT2D eigenvalue weighted by Crippen LogP contribution is 2.33. The third-order valence-corrected chi connectivity index (χ3v) is 4.39. The number of rotatable bonds is 4. The van der Waals surface area contributed by atoms with Crippen molar-refractivity contribution >= 4 is 35.0 Å². The minimum atomic E-state index is -0.584. The second-order valence-corrected chi connectivity index (χ2v) is 6.38. The molecule has 0 aliphatic carbocycles. The minimum absolute atomic E-state index is 0.215. The van der Waals surface area contributed by atoms with Crippen molar-refractivity contribution in [1.82, 2.24) is 4.90 Å². The Morgan fingerprint density at radius 2 is 1.83 bits per heavy atom. The molecule has 0 N–H and O–H groups in total. The van der Waals surface area contributed by atoms with Gasteiger partial charge in [-0.25, -0.2) is 0 Å². The van der Waals surface area contributed by atoms with Crippen LogP contribution in [0.3, 0.4) is 0 Å². The summed E-state index contributed by atoms with van der Waals surface area (Å²) in [4.78, 5) is 37.1. The summed E-state index contributed by atoms with van der Waals surface area (Å²) in [7, 11) is 0. The maximum absolute atomic E-state index is 12.4. The lowest BCUT2D eigenvalue weighted by molar-refractivity contribution is -0.145. The Bertz CT molecular complexity index is 686. The molecule has 0 spiro atoms. The normalized spacial score (nSPS) is 16.3. The zero-order chi connectivity index (χ0) is 17.1. The SMILES string of the molecule is CCOC(=O)CN1C(=O)S/C(=C/c2c(C)cc(C)cc2C)C1=O. The Hall–Kier alpha value is -2.08. The molecule has 0 aromatic heterocycles. The molecule has 0 unspecified atom stereocenters. The van der Waals surface area contributed by atoms with E-state index in [2.05, 4.69) is 0 Å². The van der Waals surface area contributed by atoms with E-state index >= 15 is 0 Å². The standard InChI is InChI=1S/C17H19NO4S/c1-5-22-15(19)9-18-16(20)14(23-17(18)21)8-13-11(3)6-10(2)7-12(13)4/h6-8H,5,9H2,1-4H3/b14-8+. The molecule has 2 rings (SSSR count). The van der Waals surface area contributed by atoms with Gasteiger partial charge in [0, 0.05) is 0 Å². The van der Waals surface area contributed by atoms with Gasteiger partial charge in [-0.05, 0) is 62.2 Å². The van der Waals surface area contributed by atoms with Gasteiger partial charge in [0.15, 0.2) is 0 Å². The second-order valence-electron chi connectivity index (χ2n) is 5.39. The Balaban J connectivity index is 2.27. The van der Waals surface area contributed by atoms with Gasteiger partial charge in [0.2, 0.25) is 0 Å². The second kappa shape index (κ2) is 7.00. The highest BCUT2D eigenvalue weighted by molar-refractivity contribution is 8.18. The summed E-state index contributed by atoms with van der Waals surface area (Å²) < 4.78 is 4.79. The maximum Gasteiger partial charge on any atom is 0.326 e. The van der Waals surface area contributed by atoms with Crippen LogP contribution in [0.25, 0.3) is 6.08 Å². The fraction of sp³-hybridized carbons (Fsp3) is 0.353. The van der Waals surface area contributed by atoms with Crippen LogP contribution in [-0.4, -0.2) is 35.2 Å². The van der Waals surface area contributed by atoms with Crippen molar-refractivity contribution in [3.63, 3.8) is 0 Å². The number of benzene rings is 1. The number of hydrogen-bond acceptors (Lipinski definition) is 5. The van der Waals surface area contributed by atoms with Gasteiger partial charge in [-0.3, -0.25) is 19.3 Å². The number of esters is 1. The highest BCUT2D eigenvalue weighted by Gasteiger charge is 2.36. The average Bonchev–Trinajstić information content (AvgIpc) is 2.70. The van der Waals surface area contributed by atoms with Gasteiger partial charge in [0.1, 0.15) is 6.54 Å². The molecule has 2 amide bonds. The van der Waals surface area contributed by atoms with Crippen LogP contribution in [0.15, 0.2) is 17.0 Å². The first-order chi connectivity index (χ1) is 10.8. The number of thioether (sulfide) groups is 1. The van der Waals surface area contributed by atoms with Crippen LogP contribution in [0.2, 0.25) is 0 Å². The third kappa shape index (κ3) is 3.82. The van der Waals surface area contributed by atoms with E-state index in [9.17, 15) is 14.4 Å². The van der Waals surface area contributed by atoms with Crippen molar-refractivity contribution in [2.45, 2.75) is 27.7 Å². The van der Waals surface area contributed by atoms with Crippen LogP contribution >= 0.6 is 11.8 Å². The van der Waals surface area contributed by atoms with Crippen molar-refractivity contribution in [3.8, 4) is 0 Å². The summed E-state index contributed by atoms with van der Waals surface area (Å²) in [5.41, 5.74) is 4.16. The molecule has 5 nitrogen and oxygen atoms in total. The number of ether oxygens (including phenoxy) is 1. The van der Waals surface area contributed by atoms with Gasteiger partial charge >= 0.3 is 5.97 Å². The number of carbonyl (C=O) groups is 3. The van der Waals surface area contributed by atoms with E-state index in [1.807, 2.05) is 32.9 Å². The first-order valence-electron chi connectivity index (χ1n) is 7.32. The summed E-state index contributed by atoms with van der Waals surface area (Å²) in [6.45, 7) is 7.49. The molecular formula is C17H19NO4S. The topological polar surface area (TPSA) is 63.7 Å². The fourth-order valence-electron chi connectivity index (χ4n) is 2.52. The molecular weight excluding hydrogens is 314 g/mol. The fourth-order valence-corrected chi connectivity index (χ4v) is 3.34. The van der Waals surface area contributed by atoms with E-state index in [4.69, 9.17) is 4.74 Å². The lowest BCUT2D eigenvalue weighted by Gasteiger charge is -2.11. The highest BCUT2D eigenvalue weighted by atomic mass is 32.2. The minimum Gasteiger partial charge on any atom is -0.465 e. The van der Waals surface area contributed by atoms with Gasteiger partial charge < -0.3 is 4.74 Å². The molecule has 0 radical (unpaired) electrons. The van der Waals surface area contributed by atoms with E-state index in [-0.39, 0.29) is 13.2 Å². The van der Waals surface area contributed by atoms with E-state index in [0.717, 1.165) is 38.9 Å². The Kier molecular flexibility index (Phi) is 5.26. The number of hydrogen-bond donors (Lipinski definition) is 0. The van der Waals surface area contributed by atoms with Crippen molar-refractivity contribution in [2.24, 2.45) is 0 Å².